The summed E-state index contributed by atoms with van der Waals surface area (Å²) in [5, 5.41) is 7.97. The van der Waals surface area contributed by atoms with E-state index < -0.39 is 0 Å². The molecule has 7 heteroatoms. The van der Waals surface area contributed by atoms with Crippen LogP contribution in [0.1, 0.15) is 30.0 Å². The molecule has 5 rings (SSSR count). The third-order valence-corrected chi connectivity index (χ3v) is 4.57. The summed E-state index contributed by atoms with van der Waals surface area (Å²) in [5.74, 6) is 1.24. The quantitative estimate of drug-likeness (QED) is 0.570. The van der Waals surface area contributed by atoms with E-state index in [2.05, 4.69) is 49.3 Å². The van der Waals surface area contributed by atoms with Crippen molar-refractivity contribution in [3.63, 3.8) is 0 Å². The molecule has 4 aromatic heterocycles. The molecule has 0 bridgehead atoms. The number of hydrogen-bond donors (Lipinski definition) is 1. The SMILES string of the molecule is O=CNc1nccc2nn(Cc3cn4cc(C5CC5)ccc4n3)cc12. The fourth-order valence-corrected chi connectivity index (χ4v) is 3.21. The second-order valence-electron chi connectivity index (χ2n) is 6.42. The number of amides is 1. The Bertz CT molecular complexity index is 1090. The van der Waals surface area contributed by atoms with E-state index in [-0.39, 0.29) is 0 Å². The molecule has 1 fully saturated rings. The molecule has 1 amide bonds. The Balaban J connectivity index is 1.48. The lowest BCUT2D eigenvalue weighted by Gasteiger charge is -1.98. The van der Waals surface area contributed by atoms with Crippen LogP contribution in [0.5, 0.6) is 0 Å². The Hall–Kier alpha value is -3.22. The minimum Gasteiger partial charge on any atom is -0.313 e. The van der Waals surface area contributed by atoms with Crippen molar-refractivity contribution in [1.82, 2.24) is 24.1 Å². The molecular formula is C18H16N6O. The number of pyridine rings is 2. The molecule has 7 nitrogen and oxygen atoms in total. The van der Waals surface area contributed by atoms with E-state index in [1.807, 2.05) is 16.9 Å². The minimum atomic E-state index is 0.517. The van der Waals surface area contributed by atoms with E-state index in [4.69, 9.17) is 0 Å². The third kappa shape index (κ3) is 2.53. The zero-order valence-electron chi connectivity index (χ0n) is 13.5. The lowest BCUT2D eigenvalue weighted by Crippen LogP contribution is -2.00. The first-order valence-corrected chi connectivity index (χ1v) is 8.30. The number of carbonyl (C=O) groups is 1. The van der Waals surface area contributed by atoms with Gasteiger partial charge in [0.15, 0.2) is 0 Å². The lowest BCUT2D eigenvalue weighted by molar-refractivity contribution is -0.105. The Morgan fingerprint density at radius 1 is 1.20 bits per heavy atom. The fourth-order valence-electron chi connectivity index (χ4n) is 3.21. The van der Waals surface area contributed by atoms with Gasteiger partial charge in [0.05, 0.1) is 23.1 Å². The number of rotatable bonds is 5. The average molecular weight is 332 g/mol. The number of imidazole rings is 1. The van der Waals surface area contributed by atoms with Crippen LogP contribution in [0, 0.1) is 0 Å². The molecule has 0 aliphatic heterocycles. The number of anilines is 1. The highest BCUT2D eigenvalue weighted by molar-refractivity contribution is 5.92. The lowest BCUT2D eigenvalue weighted by atomic mass is 10.2. The minimum absolute atomic E-state index is 0.517. The molecular weight excluding hydrogens is 316 g/mol. The van der Waals surface area contributed by atoms with Gasteiger partial charge in [-0.1, -0.05) is 6.07 Å². The molecule has 0 radical (unpaired) electrons. The molecule has 1 aliphatic rings. The number of aromatic nitrogens is 5. The molecule has 25 heavy (non-hydrogen) atoms. The van der Waals surface area contributed by atoms with Crippen molar-refractivity contribution in [2.24, 2.45) is 0 Å². The van der Waals surface area contributed by atoms with Gasteiger partial charge in [0.2, 0.25) is 6.41 Å². The smallest absolute Gasteiger partial charge is 0.212 e. The van der Waals surface area contributed by atoms with Gasteiger partial charge in [-0.25, -0.2) is 9.97 Å². The van der Waals surface area contributed by atoms with Crippen molar-refractivity contribution in [3.8, 4) is 0 Å². The summed E-state index contributed by atoms with van der Waals surface area (Å²) < 4.78 is 3.92. The summed E-state index contributed by atoms with van der Waals surface area (Å²) in [6, 6.07) is 6.08. The van der Waals surface area contributed by atoms with Crippen LogP contribution in [0.3, 0.4) is 0 Å². The Labute approximate surface area is 143 Å². The Morgan fingerprint density at radius 3 is 2.96 bits per heavy atom. The third-order valence-electron chi connectivity index (χ3n) is 4.57. The summed E-state index contributed by atoms with van der Waals surface area (Å²) in [6.45, 7) is 0.565. The predicted octanol–water partition coefficient (Wildman–Crippen LogP) is 2.57. The number of nitrogens with zero attached hydrogens (tertiary/aromatic N) is 5. The van der Waals surface area contributed by atoms with Crippen molar-refractivity contribution in [2.45, 2.75) is 25.3 Å². The average Bonchev–Trinajstić information content (AvgIpc) is 3.25. The van der Waals surface area contributed by atoms with Gasteiger partial charge in [-0.15, -0.1) is 0 Å². The molecule has 1 N–H and O–H groups in total. The van der Waals surface area contributed by atoms with Gasteiger partial charge in [-0.3, -0.25) is 9.48 Å². The van der Waals surface area contributed by atoms with Crippen LogP contribution in [0.25, 0.3) is 16.6 Å². The number of nitrogens with one attached hydrogen (secondary N) is 1. The van der Waals surface area contributed by atoms with Gasteiger partial charge in [-0.2, -0.15) is 5.10 Å². The zero-order chi connectivity index (χ0) is 16.8. The van der Waals surface area contributed by atoms with E-state index in [0.717, 1.165) is 28.2 Å². The van der Waals surface area contributed by atoms with E-state index in [9.17, 15) is 4.79 Å². The Morgan fingerprint density at radius 2 is 2.12 bits per heavy atom. The van der Waals surface area contributed by atoms with E-state index >= 15 is 0 Å². The van der Waals surface area contributed by atoms with E-state index in [1.54, 1.807) is 6.20 Å². The van der Waals surface area contributed by atoms with Crippen LogP contribution < -0.4 is 5.32 Å². The van der Waals surface area contributed by atoms with Crippen LogP contribution in [0.4, 0.5) is 5.82 Å². The summed E-state index contributed by atoms with van der Waals surface area (Å²) in [4.78, 5) is 19.5. The van der Waals surface area contributed by atoms with Gasteiger partial charge in [0, 0.05) is 24.8 Å². The van der Waals surface area contributed by atoms with Gasteiger partial charge in [0.25, 0.3) is 0 Å². The van der Waals surface area contributed by atoms with Crippen LogP contribution in [0.15, 0.2) is 43.0 Å². The topological polar surface area (TPSA) is 77.1 Å². The van der Waals surface area contributed by atoms with E-state index in [1.165, 1.54) is 18.4 Å². The highest BCUT2D eigenvalue weighted by atomic mass is 16.1. The fraction of sp³-hybridized carbons (Fsp3) is 0.222. The molecule has 0 unspecified atom stereocenters. The maximum Gasteiger partial charge on any atom is 0.212 e. The second-order valence-corrected chi connectivity index (χ2v) is 6.42. The highest BCUT2D eigenvalue weighted by Crippen LogP contribution is 2.39. The molecule has 1 saturated carbocycles. The van der Waals surface area contributed by atoms with Crippen LogP contribution in [-0.2, 0) is 11.3 Å². The predicted molar refractivity (Wildman–Crippen MR) is 93.5 cm³/mol. The molecule has 1 aliphatic carbocycles. The number of hydrogen-bond acceptors (Lipinski definition) is 4. The highest BCUT2D eigenvalue weighted by Gasteiger charge is 2.23. The molecule has 0 spiro atoms. The number of fused-ring (bicyclic) bond motifs is 2. The summed E-state index contributed by atoms with van der Waals surface area (Å²) in [5.41, 5.74) is 4.07. The first-order chi connectivity index (χ1) is 12.3. The van der Waals surface area contributed by atoms with Crippen LogP contribution >= 0.6 is 0 Å². The van der Waals surface area contributed by atoms with Crippen molar-refractivity contribution in [1.29, 1.82) is 0 Å². The molecule has 0 atom stereocenters. The summed E-state index contributed by atoms with van der Waals surface area (Å²) >= 11 is 0. The monoisotopic (exact) mass is 332 g/mol. The van der Waals surface area contributed by atoms with Crippen LogP contribution in [0.2, 0.25) is 0 Å². The summed E-state index contributed by atoms with van der Waals surface area (Å²) in [6.07, 6.45) is 11.0. The van der Waals surface area contributed by atoms with Gasteiger partial charge < -0.3 is 9.72 Å². The van der Waals surface area contributed by atoms with Crippen molar-refractivity contribution >= 4 is 28.8 Å². The maximum atomic E-state index is 10.7. The molecule has 0 aromatic carbocycles. The first-order valence-electron chi connectivity index (χ1n) is 8.30. The van der Waals surface area contributed by atoms with Crippen molar-refractivity contribution < 1.29 is 4.79 Å². The normalized spacial score (nSPS) is 14.2. The second kappa shape index (κ2) is 5.41. The Kier molecular flexibility index (Phi) is 3.06. The van der Waals surface area contributed by atoms with Crippen molar-refractivity contribution in [2.75, 3.05) is 5.32 Å². The molecule has 4 aromatic rings. The van der Waals surface area contributed by atoms with E-state index in [0.29, 0.717) is 18.8 Å². The van der Waals surface area contributed by atoms with Gasteiger partial charge in [0.1, 0.15) is 11.5 Å². The zero-order valence-corrected chi connectivity index (χ0v) is 13.5. The molecule has 124 valence electrons. The molecule has 0 saturated heterocycles. The van der Waals surface area contributed by atoms with Gasteiger partial charge in [-0.05, 0) is 36.5 Å². The van der Waals surface area contributed by atoms with Crippen molar-refractivity contribution in [3.05, 3.63) is 54.2 Å². The maximum absolute atomic E-state index is 10.7. The number of carbonyl (C=O) groups excluding carboxylic acids is 1. The largest absolute Gasteiger partial charge is 0.313 e. The standard InChI is InChI=1S/C18H16N6O/c25-11-20-18-15-10-24(22-16(15)5-6-19-18)9-14-8-23-7-13(12-1-2-12)3-4-17(23)21-14/h3-8,10-12H,1-2,9H2,(H,19,20,25). The summed E-state index contributed by atoms with van der Waals surface area (Å²) in [7, 11) is 0. The first kappa shape index (κ1) is 14.2. The van der Waals surface area contributed by atoms with Gasteiger partial charge >= 0.3 is 0 Å². The molecule has 4 heterocycles. The van der Waals surface area contributed by atoms with Crippen LogP contribution in [-0.4, -0.2) is 30.6 Å².